The summed E-state index contributed by atoms with van der Waals surface area (Å²) in [6.07, 6.45) is 0. The second-order valence-electron chi connectivity index (χ2n) is 16.9. The molecule has 14 aromatic rings. The predicted octanol–water partition coefficient (Wildman–Crippen LogP) is 17.8. The van der Waals surface area contributed by atoms with Crippen LogP contribution >= 0.6 is 11.3 Å². The van der Waals surface area contributed by atoms with Gasteiger partial charge in [-0.15, -0.1) is 11.3 Å². The summed E-state index contributed by atoms with van der Waals surface area (Å²) >= 11 is 1.85. The largest absolute Gasteiger partial charge is 0.456 e. The molecule has 5 heteroatoms. The number of hydrogen-bond acceptors (Lipinski definition) is 4. The maximum absolute atomic E-state index is 6.79. The third-order valence-electron chi connectivity index (χ3n) is 13.2. The Morgan fingerprint density at radius 1 is 0.338 bits per heavy atom. The summed E-state index contributed by atoms with van der Waals surface area (Å²) in [5, 5.41) is 9.40. The minimum atomic E-state index is 0.843. The van der Waals surface area contributed by atoms with Crippen LogP contribution < -0.4 is 4.90 Å². The standard InChI is InChI=1S/C60H36N2O2S/c1-6-19-53-44(14-1)45-15-2-7-20-54(45)62(53)40-27-24-37(25-28-40)50-34-43(35-52-47-17-4-9-22-56(47)64-60(50)52)61(42-29-30-48-46-16-3-8-21-55(46)63-57(48)36-42)41-13-11-12-38(32-41)39-26-31-59-51(33-39)49-18-5-10-23-58(49)65-59/h1-36H. The van der Waals surface area contributed by atoms with E-state index in [0.717, 1.165) is 83.3 Å². The molecule has 4 aromatic heterocycles. The molecule has 0 aliphatic carbocycles. The van der Waals surface area contributed by atoms with Crippen LogP contribution in [0.5, 0.6) is 0 Å². The van der Waals surface area contributed by atoms with E-state index in [1.165, 1.54) is 47.5 Å². The first-order chi connectivity index (χ1) is 32.2. The minimum Gasteiger partial charge on any atom is -0.456 e. The van der Waals surface area contributed by atoms with Crippen LogP contribution in [0, 0.1) is 0 Å². The van der Waals surface area contributed by atoms with Crippen LogP contribution in [0.15, 0.2) is 227 Å². The van der Waals surface area contributed by atoms with Gasteiger partial charge in [0.2, 0.25) is 0 Å². The number of rotatable bonds is 6. The molecule has 0 fully saturated rings. The average molecular weight is 849 g/mol. The zero-order chi connectivity index (χ0) is 42.6. The molecule has 4 nitrogen and oxygen atoms in total. The van der Waals surface area contributed by atoms with E-state index < -0.39 is 0 Å². The average Bonchev–Trinajstić information content (AvgIpc) is 4.13. The predicted molar refractivity (Wildman–Crippen MR) is 274 cm³/mol. The second-order valence-corrected chi connectivity index (χ2v) is 17.9. The van der Waals surface area contributed by atoms with E-state index in [1.54, 1.807) is 0 Å². The molecule has 0 unspecified atom stereocenters. The van der Waals surface area contributed by atoms with E-state index in [1.807, 2.05) is 29.5 Å². The van der Waals surface area contributed by atoms with Crippen molar-refractivity contribution in [3.8, 4) is 27.9 Å². The van der Waals surface area contributed by atoms with Gasteiger partial charge in [-0.05, 0) is 108 Å². The molecule has 0 spiro atoms. The summed E-state index contributed by atoms with van der Waals surface area (Å²) in [5.74, 6) is 0. The Bertz CT molecular complexity index is 4150. The number of anilines is 3. The van der Waals surface area contributed by atoms with Gasteiger partial charge in [0.05, 0.1) is 11.0 Å². The third-order valence-corrected chi connectivity index (χ3v) is 14.3. The van der Waals surface area contributed by atoms with Crippen molar-refractivity contribution >= 4 is 114 Å². The van der Waals surface area contributed by atoms with Crippen LogP contribution in [0.25, 0.3) is 114 Å². The van der Waals surface area contributed by atoms with Gasteiger partial charge in [0, 0.05) is 86.9 Å². The Morgan fingerprint density at radius 3 is 1.72 bits per heavy atom. The lowest BCUT2D eigenvalue weighted by molar-refractivity contribution is 0.668. The van der Waals surface area contributed by atoms with Gasteiger partial charge in [0.15, 0.2) is 0 Å². The first-order valence-electron chi connectivity index (χ1n) is 22.0. The van der Waals surface area contributed by atoms with Gasteiger partial charge in [0.1, 0.15) is 22.3 Å². The summed E-state index contributed by atoms with van der Waals surface area (Å²) in [6.45, 7) is 0. The summed E-state index contributed by atoms with van der Waals surface area (Å²) < 4.78 is 18.3. The lowest BCUT2D eigenvalue weighted by Gasteiger charge is -2.27. The van der Waals surface area contributed by atoms with Crippen molar-refractivity contribution in [2.75, 3.05) is 4.90 Å². The molecule has 0 bridgehead atoms. The van der Waals surface area contributed by atoms with Gasteiger partial charge in [0.25, 0.3) is 0 Å². The number of benzene rings is 10. The molecule has 0 amide bonds. The van der Waals surface area contributed by atoms with E-state index in [9.17, 15) is 0 Å². The highest BCUT2D eigenvalue weighted by molar-refractivity contribution is 7.25. The molecule has 304 valence electrons. The number of thiophene rings is 1. The minimum absolute atomic E-state index is 0.843. The molecule has 14 rings (SSSR count). The third kappa shape index (κ3) is 5.62. The summed E-state index contributed by atoms with van der Waals surface area (Å²) in [5.41, 5.74) is 14.4. The Kier molecular flexibility index (Phi) is 7.82. The van der Waals surface area contributed by atoms with E-state index >= 15 is 0 Å². The number of hydrogen-bond donors (Lipinski definition) is 0. The van der Waals surface area contributed by atoms with Crippen molar-refractivity contribution in [1.29, 1.82) is 0 Å². The van der Waals surface area contributed by atoms with Crippen LogP contribution in [0.2, 0.25) is 0 Å². The van der Waals surface area contributed by atoms with E-state index in [-0.39, 0.29) is 0 Å². The molecule has 65 heavy (non-hydrogen) atoms. The fraction of sp³-hybridized carbons (Fsp3) is 0. The number of para-hydroxylation sites is 4. The zero-order valence-corrected chi connectivity index (χ0v) is 35.7. The van der Waals surface area contributed by atoms with Gasteiger partial charge >= 0.3 is 0 Å². The Morgan fingerprint density at radius 2 is 0.938 bits per heavy atom. The zero-order valence-electron chi connectivity index (χ0n) is 34.9. The topological polar surface area (TPSA) is 34.5 Å². The number of fused-ring (bicyclic) bond motifs is 12. The molecule has 0 aliphatic rings. The fourth-order valence-electron chi connectivity index (χ4n) is 10.2. The highest BCUT2D eigenvalue weighted by atomic mass is 32.1. The normalized spacial score (nSPS) is 12.0. The van der Waals surface area contributed by atoms with Gasteiger partial charge in [-0.25, -0.2) is 0 Å². The lowest BCUT2D eigenvalue weighted by Crippen LogP contribution is -2.10. The maximum atomic E-state index is 6.79. The Balaban J connectivity index is 0.977. The Hall–Kier alpha value is -8.38. The summed E-state index contributed by atoms with van der Waals surface area (Å²) in [4.78, 5) is 2.37. The van der Waals surface area contributed by atoms with Crippen molar-refractivity contribution in [1.82, 2.24) is 4.57 Å². The van der Waals surface area contributed by atoms with Crippen LogP contribution in [-0.4, -0.2) is 4.57 Å². The number of aromatic nitrogens is 1. The molecule has 10 aromatic carbocycles. The van der Waals surface area contributed by atoms with Crippen molar-refractivity contribution in [2.24, 2.45) is 0 Å². The van der Waals surface area contributed by atoms with E-state index in [2.05, 4.69) is 210 Å². The summed E-state index contributed by atoms with van der Waals surface area (Å²) in [6, 6.07) is 78.6. The van der Waals surface area contributed by atoms with Crippen LogP contribution in [0.4, 0.5) is 17.1 Å². The molecule has 0 N–H and O–H groups in total. The Labute approximate surface area is 377 Å². The molecule has 0 radical (unpaired) electrons. The van der Waals surface area contributed by atoms with Gasteiger partial charge in [-0.3, -0.25) is 0 Å². The van der Waals surface area contributed by atoms with Gasteiger partial charge < -0.3 is 18.3 Å². The molecular formula is C60H36N2O2S. The smallest absolute Gasteiger partial charge is 0.143 e. The maximum Gasteiger partial charge on any atom is 0.143 e. The van der Waals surface area contributed by atoms with E-state index in [0.29, 0.717) is 0 Å². The molecule has 0 atom stereocenters. The van der Waals surface area contributed by atoms with E-state index in [4.69, 9.17) is 8.83 Å². The first-order valence-corrected chi connectivity index (χ1v) is 22.8. The van der Waals surface area contributed by atoms with Crippen LogP contribution in [-0.2, 0) is 0 Å². The van der Waals surface area contributed by atoms with Gasteiger partial charge in [-0.2, -0.15) is 0 Å². The van der Waals surface area contributed by atoms with Crippen LogP contribution in [0.3, 0.4) is 0 Å². The molecule has 0 aliphatic heterocycles. The highest BCUT2D eigenvalue weighted by Crippen LogP contribution is 2.46. The lowest BCUT2D eigenvalue weighted by atomic mass is 9.99. The van der Waals surface area contributed by atoms with Gasteiger partial charge in [-0.1, -0.05) is 121 Å². The highest BCUT2D eigenvalue weighted by Gasteiger charge is 2.22. The van der Waals surface area contributed by atoms with Crippen molar-refractivity contribution in [3.05, 3.63) is 218 Å². The molecule has 0 saturated heterocycles. The number of nitrogens with zero attached hydrogens (tertiary/aromatic N) is 2. The second kappa shape index (κ2) is 14.1. The molecular weight excluding hydrogens is 813 g/mol. The fourth-order valence-corrected chi connectivity index (χ4v) is 11.3. The van der Waals surface area contributed by atoms with Crippen molar-refractivity contribution in [2.45, 2.75) is 0 Å². The molecule has 4 heterocycles. The first kappa shape index (κ1) is 36.1. The monoisotopic (exact) mass is 848 g/mol. The van der Waals surface area contributed by atoms with Crippen molar-refractivity contribution < 1.29 is 8.83 Å². The molecule has 0 saturated carbocycles. The van der Waals surface area contributed by atoms with Crippen molar-refractivity contribution in [3.63, 3.8) is 0 Å². The summed E-state index contributed by atoms with van der Waals surface area (Å²) in [7, 11) is 0. The SMILES string of the molecule is c1cc(-c2ccc3sc4ccccc4c3c2)cc(N(c2ccc3c(c2)oc2ccccc23)c2cc(-c3ccc(-n4c5ccccc5c5ccccc54)cc3)c3oc4ccccc4c3c2)c1. The van der Waals surface area contributed by atoms with Crippen LogP contribution in [0.1, 0.15) is 0 Å². The quantitative estimate of drug-likeness (QED) is 0.167. The number of furan rings is 2.